The predicted octanol–water partition coefficient (Wildman–Crippen LogP) is -0.596. The van der Waals surface area contributed by atoms with E-state index in [-0.39, 0.29) is 19.1 Å². The molecule has 0 bridgehead atoms. The number of ether oxygens (including phenoxy) is 2. The lowest BCUT2D eigenvalue weighted by molar-refractivity contribution is -0.119. The van der Waals surface area contributed by atoms with Gasteiger partial charge in [0, 0.05) is 33.9 Å². The number of anilines is 2. The normalized spacial score (nSPS) is 10.3. The molecule has 1 amide bonds. The smallest absolute Gasteiger partial charge is 0.239 e. The lowest BCUT2D eigenvalue weighted by Crippen LogP contribution is -2.37. The van der Waals surface area contributed by atoms with E-state index in [9.17, 15) is 4.79 Å². The van der Waals surface area contributed by atoms with Crippen LogP contribution in [-0.4, -0.2) is 56.8 Å². The van der Waals surface area contributed by atoms with E-state index in [0.717, 1.165) is 0 Å². The molecule has 8 nitrogen and oxygen atoms in total. The maximum atomic E-state index is 11.7. The molecular formula is C12H21N5O3. The number of nitrogens with zero attached hydrogens (tertiary/aromatic N) is 3. The summed E-state index contributed by atoms with van der Waals surface area (Å²) in [6.07, 6.45) is 0. The van der Waals surface area contributed by atoms with Crippen LogP contribution in [0.15, 0.2) is 6.07 Å². The van der Waals surface area contributed by atoms with Gasteiger partial charge in [0.05, 0.1) is 13.2 Å². The Labute approximate surface area is 118 Å². The van der Waals surface area contributed by atoms with Crippen molar-refractivity contribution in [3.8, 4) is 0 Å². The van der Waals surface area contributed by atoms with Crippen molar-refractivity contribution in [2.45, 2.75) is 6.61 Å². The number of methoxy groups -OCH3 is 2. The largest absolute Gasteiger partial charge is 0.384 e. The van der Waals surface area contributed by atoms with Gasteiger partial charge in [0.2, 0.25) is 5.91 Å². The van der Waals surface area contributed by atoms with Crippen LogP contribution >= 0.6 is 0 Å². The number of aromatic nitrogens is 2. The van der Waals surface area contributed by atoms with Gasteiger partial charge in [-0.1, -0.05) is 0 Å². The van der Waals surface area contributed by atoms with E-state index in [1.807, 2.05) is 0 Å². The van der Waals surface area contributed by atoms with Gasteiger partial charge in [-0.05, 0) is 0 Å². The molecule has 0 aromatic carbocycles. The minimum absolute atomic E-state index is 0.116. The zero-order valence-electron chi connectivity index (χ0n) is 12.0. The fourth-order valence-electron chi connectivity index (χ4n) is 1.54. The molecule has 20 heavy (non-hydrogen) atoms. The molecule has 0 aliphatic carbocycles. The molecule has 0 unspecified atom stereocenters. The summed E-state index contributed by atoms with van der Waals surface area (Å²) in [7, 11) is 4.90. The van der Waals surface area contributed by atoms with Crippen LogP contribution in [0.4, 0.5) is 11.6 Å². The molecule has 112 valence electrons. The van der Waals surface area contributed by atoms with E-state index in [2.05, 4.69) is 15.3 Å². The SMILES string of the molecule is COCCNC(=O)CN(C)c1cc(N)nc(COC)n1. The topological polar surface area (TPSA) is 103 Å². The third kappa shape index (κ3) is 5.37. The first-order valence-electron chi connectivity index (χ1n) is 6.16. The van der Waals surface area contributed by atoms with E-state index < -0.39 is 0 Å². The highest BCUT2D eigenvalue weighted by Gasteiger charge is 2.10. The van der Waals surface area contributed by atoms with Crippen LogP contribution in [0.5, 0.6) is 0 Å². The number of carbonyl (C=O) groups is 1. The highest BCUT2D eigenvalue weighted by molar-refractivity contribution is 5.80. The van der Waals surface area contributed by atoms with Crippen molar-refractivity contribution in [2.24, 2.45) is 0 Å². The lowest BCUT2D eigenvalue weighted by atomic mass is 10.4. The molecule has 0 saturated heterocycles. The maximum Gasteiger partial charge on any atom is 0.239 e. The van der Waals surface area contributed by atoms with Gasteiger partial charge in [0.25, 0.3) is 0 Å². The van der Waals surface area contributed by atoms with Crippen LogP contribution in [0.3, 0.4) is 0 Å². The Balaban J connectivity index is 2.62. The van der Waals surface area contributed by atoms with Gasteiger partial charge in [-0.25, -0.2) is 9.97 Å². The number of hydrogen-bond donors (Lipinski definition) is 2. The third-order valence-corrected chi connectivity index (χ3v) is 2.45. The molecule has 0 aliphatic heterocycles. The predicted molar refractivity (Wildman–Crippen MR) is 75.3 cm³/mol. The summed E-state index contributed by atoms with van der Waals surface area (Å²) in [5.74, 6) is 1.28. The summed E-state index contributed by atoms with van der Waals surface area (Å²) in [6, 6.07) is 1.61. The van der Waals surface area contributed by atoms with Crippen molar-refractivity contribution in [3.63, 3.8) is 0 Å². The fourth-order valence-corrected chi connectivity index (χ4v) is 1.54. The Morgan fingerprint density at radius 1 is 1.40 bits per heavy atom. The molecule has 3 N–H and O–H groups in total. The van der Waals surface area contributed by atoms with Crippen molar-refractivity contribution in [1.82, 2.24) is 15.3 Å². The van der Waals surface area contributed by atoms with Gasteiger partial charge in [-0.2, -0.15) is 0 Å². The van der Waals surface area contributed by atoms with Gasteiger partial charge >= 0.3 is 0 Å². The summed E-state index contributed by atoms with van der Waals surface area (Å²) >= 11 is 0. The van der Waals surface area contributed by atoms with Crippen LogP contribution < -0.4 is 16.0 Å². The number of amides is 1. The number of carbonyl (C=O) groups excluding carboxylic acids is 1. The molecule has 1 rings (SSSR count). The third-order valence-electron chi connectivity index (χ3n) is 2.45. The molecule has 0 atom stereocenters. The second kappa shape index (κ2) is 8.28. The Kier molecular flexibility index (Phi) is 6.68. The molecule has 0 spiro atoms. The van der Waals surface area contributed by atoms with Crippen LogP contribution in [0.25, 0.3) is 0 Å². The van der Waals surface area contributed by atoms with Crippen molar-refractivity contribution < 1.29 is 14.3 Å². The maximum absolute atomic E-state index is 11.7. The highest BCUT2D eigenvalue weighted by atomic mass is 16.5. The first kappa shape index (κ1) is 16.1. The summed E-state index contributed by atoms with van der Waals surface area (Å²) in [5.41, 5.74) is 5.71. The average Bonchev–Trinajstić information content (AvgIpc) is 2.38. The van der Waals surface area contributed by atoms with E-state index in [1.165, 1.54) is 0 Å². The van der Waals surface area contributed by atoms with Gasteiger partial charge in [-0.15, -0.1) is 0 Å². The Hall–Kier alpha value is -1.93. The van der Waals surface area contributed by atoms with Crippen molar-refractivity contribution in [1.29, 1.82) is 0 Å². The number of rotatable bonds is 8. The lowest BCUT2D eigenvalue weighted by Gasteiger charge is -2.18. The zero-order chi connectivity index (χ0) is 15.0. The fraction of sp³-hybridized carbons (Fsp3) is 0.583. The molecule has 0 saturated carbocycles. The number of nitrogens with two attached hydrogens (primary N) is 1. The molecule has 8 heteroatoms. The molecule has 1 aromatic heterocycles. The first-order chi connectivity index (χ1) is 9.56. The quantitative estimate of drug-likeness (QED) is 0.614. The van der Waals surface area contributed by atoms with Crippen molar-refractivity contribution in [2.75, 3.05) is 51.6 Å². The summed E-state index contributed by atoms with van der Waals surface area (Å²) < 4.78 is 9.83. The van der Waals surface area contributed by atoms with Gasteiger partial charge in [0.1, 0.15) is 18.2 Å². The second-order valence-corrected chi connectivity index (χ2v) is 4.20. The second-order valence-electron chi connectivity index (χ2n) is 4.20. The van der Waals surface area contributed by atoms with E-state index in [1.54, 1.807) is 32.2 Å². The van der Waals surface area contributed by atoms with Crippen LogP contribution in [0, 0.1) is 0 Å². The zero-order valence-corrected chi connectivity index (χ0v) is 12.0. The van der Waals surface area contributed by atoms with E-state index >= 15 is 0 Å². The standard InChI is InChI=1S/C12H21N5O3/c1-17(7-12(18)14-4-5-19-2)11-6-9(13)15-10(16-11)8-20-3/h6H,4-5,7-8H2,1-3H3,(H,14,18)(H2,13,15,16). The van der Waals surface area contributed by atoms with Gasteiger partial charge in [-0.3, -0.25) is 4.79 Å². The number of likely N-dealkylation sites (N-methyl/N-ethyl adjacent to an activating group) is 1. The van der Waals surface area contributed by atoms with Crippen molar-refractivity contribution in [3.05, 3.63) is 11.9 Å². The summed E-state index contributed by atoms with van der Waals surface area (Å²) in [4.78, 5) is 21.7. The molecule has 0 aliphatic rings. The monoisotopic (exact) mass is 283 g/mol. The number of nitrogen functional groups attached to an aromatic ring is 1. The Bertz CT molecular complexity index is 441. The minimum Gasteiger partial charge on any atom is -0.384 e. The average molecular weight is 283 g/mol. The van der Waals surface area contributed by atoms with Crippen LogP contribution in [-0.2, 0) is 20.9 Å². The van der Waals surface area contributed by atoms with E-state index in [0.29, 0.717) is 30.6 Å². The van der Waals surface area contributed by atoms with Gasteiger partial charge < -0.3 is 25.4 Å². The van der Waals surface area contributed by atoms with E-state index in [4.69, 9.17) is 15.2 Å². The Morgan fingerprint density at radius 2 is 2.15 bits per heavy atom. The number of nitrogens with one attached hydrogen (secondary N) is 1. The first-order valence-corrected chi connectivity index (χ1v) is 6.16. The summed E-state index contributed by atoms with van der Waals surface area (Å²) in [6.45, 7) is 1.40. The minimum atomic E-state index is -0.116. The van der Waals surface area contributed by atoms with Crippen molar-refractivity contribution >= 4 is 17.5 Å². The highest BCUT2D eigenvalue weighted by Crippen LogP contribution is 2.12. The molecule has 1 aromatic rings. The van der Waals surface area contributed by atoms with Gasteiger partial charge in [0.15, 0.2) is 5.82 Å². The molecule has 1 heterocycles. The number of hydrogen-bond acceptors (Lipinski definition) is 7. The Morgan fingerprint density at radius 3 is 2.80 bits per heavy atom. The molecule has 0 radical (unpaired) electrons. The van der Waals surface area contributed by atoms with Crippen LogP contribution in [0.1, 0.15) is 5.82 Å². The molecule has 0 fully saturated rings. The van der Waals surface area contributed by atoms with Crippen LogP contribution in [0.2, 0.25) is 0 Å². The summed E-state index contributed by atoms with van der Waals surface area (Å²) in [5, 5.41) is 2.73. The molecular weight excluding hydrogens is 262 g/mol.